The quantitative estimate of drug-likeness (QED) is 0.857. The molecule has 4 heteroatoms. The molecule has 3 unspecified atom stereocenters. The van der Waals surface area contributed by atoms with E-state index in [0.717, 1.165) is 30.8 Å². The highest BCUT2D eigenvalue weighted by Crippen LogP contribution is 2.21. The van der Waals surface area contributed by atoms with Crippen LogP contribution < -0.4 is 0 Å². The second kappa shape index (κ2) is 7.18. The summed E-state index contributed by atoms with van der Waals surface area (Å²) in [7, 11) is 0. The van der Waals surface area contributed by atoms with Crippen LogP contribution in [0.1, 0.15) is 30.6 Å². The SMILES string of the molecule is Cc1ccccc1C(O)CCN1CC(C)OC(CO)C1. The average Bonchev–Trinajstić information content (AvgIpc) is 2.44. The summed E-state index contributed by atoms with van der Waals surface area (Å²) in [6, 6.07) is 7.96. The first kappa shape index (κ1) is 15.4. The summed E-state index contributed by atoms with van der Waals surface area (Å²) < 4.78 is 5.62. The van der Waals surface area contributed by atoms with Gasteiger partial charge < -0.3 is 14.9 Å². The van der Waals surface area contributed by atoms with Crippen molar-refractivity contribution in [3.63, 3.8) is 0 Å². The van der Waals surface area contributed by atoms with E-state index >= 15 is 0 Å². The summed E-state index contributed by atoms with van der Waals surface area (Å²) in [6.07, 6.45) is 0.309. The van der Waals surface area contributed by atoms with Gasteiger partial charge in [0.25, 0.3) is 0 Å². The minimum atomic E-state index is -0.429. The lowest BCUT2D eigenvalue weighted by Crippen LogP contribution is -2.48. The summed E-state index contributed by atoms with van der Waals surface area (Å²) in [5, 5.41) is 19.5. The molecule has 1 fully saturated rings. The van der Waals surface area contributed by atoms with Gasteiger partial charge >= 0.3 is 0 Å². The van der Waals surface area contributed by atoms with Gasteiger partial charge in [-0.3, -0.25) is 4.90 Å². The van der Waals surface area contributed by atoms with Crippen LogP contribution in [0.4, 0.5) is 0 Å². The Hall–Kier alpha value is -0.940. The van der Waals surface area contributed by atoms with Crippen molar-refractivity contribution in [1.82, 2.24) is 4.90 Å². The van der Waals surface area contributed by atoms with Crippen LogP contribution in [-0.4, -0.2) is 53.6 Å². The van der Waals surface area contributed by atoms with E-state index < -0.39 is 6.10 Å². The van der Waals surface area contributed by atoms with Crippen LogP contribution in [0.15, 0.2) is 24.3 Å². The number of ether oxygens (including phenoxy) is 1. The fourth-order valence-electron chi connectivity index (χ4n) is 2.85. The molecule has 1 heterocycles. The lowest BCUT2D eigenvalue weighted by atomic mass is 10.0. The monoisotopic (exact) mass is 279 g/mol. The predicted molar refractivity (Wildman–Crippen MR) is 78.6 cm³/mol. The molecule has 4 nitrogen and oxygen atoms in total. The maximum absolute atomic E-state index is 10.3. The smallest absolute Gasteiger partial charge is 0.0936 e. The first-order valence-electron chi connectivity index (χ1n) is 7.32. The molecule has 0 spiro atoms. The van der Waals surface area contributed by atoms with Crippen LogP contribution >= 0.6 is 0 Å². The molecule has 1 aromatic rings. The molecule has 0 aromatic heterocycles. The van der Waals surface area contributed by atoms with Gasteiger partial charge in [-0.2, -0.15) is 0 Å². The second-order valence-electron chi connectivity index (χ2n) is 5.67. The van der Waals surface area contributed by atoms with Gasteiger partial charge in [-0.1, -0.05) is 24.3 Å². The summed E-state index contributed by atoms with van der Waals surface area (Å²) in [5.41, 5.74) is 2.14. The fraction of sp³-hybridized carbons (Fsp3) is 0.625. The van der Waals surface area contributed by atoms with Gasteiger partial charge in [0.1, 0.15) is 0 Å². The van der Waals surface area contributed by atoms with Crippen molar-refractivity contribution in [1.29, 1.82) is 0 Å². The summed E-state index contributed by atoms with van der Waals surface area (Å²) >= 11 is 0. The largest absolute Gasteiger partial charge is 0.394 e. The second-order valence-corrected chi connectivity index (χ2v) is 5.67. The third-order valence-electron chi connectivity index (χ3n) is 3.87. The molecular formula is C16H25NO3. The molecule has 0 amide bonds. The van der Waals surface area contributed by atoms with Crippen molar-refractivity contribution in [2.75, 3.05) is 26.2 Å². The molecule has 20 heavy (non-hydrogen) atoms. The molecule has 0 radical (unpaired) electrons. The highest BCUT2D eigenvalue weighted by atomic mass is 16.5. The normalized spacial score (nSPS) is 25.6. The van der Waals surface area contributed by atoms with Crippen LogP contribution in [-0.2, 0) is 4.74 Å². The average molecular weight is 279 g/mol. The van der Waals surface area contributed by atoms with E-state index in [9.17, 15) is 10.2 Å². The lowest BCUT2D eigenvalue weighted by molar-refractivity contribution is -0.0967. The van der Waals surface area contributed by atoms with E-state index in [1.165, 1.54) is 0 Å². The summed E-state index contributed by atoms with van der Waals surface area (Å²) in [5.74, 6) is 0. The number of aliphatic hydroxyl groups is 2. The van der Waals surface area contributed by atoms with Crippen LogP contribution in [0.25, 0.3) is 0 Å². The number of rotatable bonds is 5. The Balaban J connectivity index is 1.87. The number of morpholine rings is 1. The number of benzene rings is 1. The third-order valence-corrected chi connectivity index (χ3v) is 3.87. The maximum atomic E-state index is 10.3. The Morgan fingerprint density at radius 2 is 2.10 bits per heavy atom. The molecule has 1 saturated heterocycles. The molecule has 1 aliphatic rings. The third kappa shape index (κ3) is 4.03. The van der Waals surface area contributed by atoms with Gasteiger partial charge in [-0.15, -0.1) is 0 Å². The lowest BCUT2D eigenvalue weighted by Gasteiger charge is -2.36. The molecule has 0 aliphatic carbocycles. The number of aliphatic hydroxyl groups excluding tert-OH is 2. The van der Waals surface area contributed by atoms with E-state index in [2.05, 4.69) is 4.90 Å². The highest BCUT2D eigenvalue weighted by Gasteiger charge is 2.25. The predicted octanol–water partition coefficient (Wildman–Crippen LogP) is 1.50. The topological polar surface area (TPSA) is 52.9 Å². The molecule has 1 aliphatic heterocycles. The van der Waals surface area contributed by atoms with Gasteiger partial charge in [0.05, 0.1) is 24.9 Å². The zero-order valence-electron chi connectivity index (χ0n) is 12.3. The number of hydrogen-bond donors (Lipinski definition) is 2. The Labute approximate surface area is 121 Å². The summed E-state index contributed by atoms with van der Waals surface area (Å²) in [4.78, 5) is 2.26. The summed E-state index contributed by atoms with van der Waals surface area (Å²) in [6.45, 7) is 6.52. The van der Waals surface area contributed by atoms with Gasteiger partial charge in [0.2, 0.25) is 0 Å². The van der Waals surface area contributed by atoms with Crippen molar-refractivity contribution < 1.29 is 14.9 Å². The van der Waals surface area contributed by atoms with Gasteiger partial charge in [-0.05, 0) is 31.4 Å². The number of nitrogens with zero attached hydrogens (tertiary/aromatic N) is 1. The number of hydrogen-bond acceptors (Lipinski definition) is 4. The van der Waals surface area contributed by atoms with Crippen molar-refractivity contribution in [2.45, 2.75) is 38.6 Å². The van der Waals surface area contributed by atoms with Crippen molar-refractivity contribution in [3.05, 3.63) is 35.4 Å². The van der Waals surface area contributed by atoms with Gasteiger partial charge in [-0.25, -0.2) is 0 Å². The van der Waals surface area contributed by atoms with Crippen LogP contribution in [0, 0.1) is 6.92 Å². The molecule has 112 valence electrons. The van der Waals surface area contributed by atoms with E-state index in [1.54, 1.807) is 0 Å². The van der Waals surface area contributed by atoms with Gasteiger partial charge in [0.15, 0.2) is 0 Å². The van der Waals surface area contributed by atoms with Crippen molar-refractivity contribution in [2.24, 2.45) is 0 Å². The Morgan fingerprint density at radius 3 is 2.80 bits per heavy atom. The minimum Gasteiger partial charge on any atom is -0.394 e. The van der Waals surface area contributed by atoms with E-state index in [0.29, 0.717) is 6.42 Å². The molecule has 2 rings (SSSR count). The zero-order chi connectivity index (χ0) is 14.5. The van der Waals surface area contributed by atoms with E-state index in [-0.39, 0.29) is 18.8 Å². The first-order valence-corrected chi connectivity index (χ1v) is 7.32. The molecule has 3 atom stereocenters. The van der Waals surface area contributed by atoms with Gasteiger partial charge in [0, 0.05) is 19.6 Å². The molecule has 2 N–H and O–H groups in total. The molecular weight excluding hydrogens is 254 g/mol. The standard InChI is InChI=1S/C16H25NO3/c1-12-5-3-4-6-15(12)16(19)7-8-17-9-13(2)20-14(10-17)11-18/h3-6,13-14,16,18-19H,7-11H2,1-2H3. The zero-order valence-corrected chi connectivity index (χ0v) is 12.3. The Bertz CT molecular complexity index is 424. The van der Waals surface area contributed by atoms with Crippen LogP contribution in [0.3, 0.4) is 0 Å². The van der Waals surface area contributed by atoms with E-state index in [1.807, 2.05) is 38.1 Å². The van der Waals surface area contributed by atoms with Crippen molar-refractivity contribution >= 4 is 0 Å². The van der Waals surface area contributed by atoms with Crippen LogP contribution in [0.5, 0.6) is 0 Å². The molecule has 0 bridgehead atoms. The number of aryl methyl sites for hydroxylation is 1. The molecule has 1 aromatic carbocycles. The fourth-order valence-corrected chi connectivity index (χ4v) is 2.85. The highest BCUT2D eigenvalue weighted by molar-refractivity contribution is 5.27. The minimum absolute atomic E-state index is 0.0567. The first-order chi connectivity index (χ1) is 9.60. The van der Waals surface area contributed by atoms with E-state index in [4.69, 9.17) is 4.74 Å². The molecule has 0 saturated carbocycles. The van der Waals surface area contributed by atoms with Crippen molar-refractivity contribution in [3.8, 4) is 0 Å². The van der Waals surface area contributed by atoms with Crippen LogP contribution in [0.2, 0.25) is 0 Å². The Morgan fingerprint density at radius 1 is 1.35 bits per heavy atom. The Kier molecular flexibility index (Phi) is 5.54. The maximum Gasteiger partial charge on any atom is 0.0936 e.